The van der Waals surface area contributed by atoms with Crippen LogP contribution in [0.25, 0.3) is 10.9 Å². The Morgan fingerprint density at radius 1 is 1.23 bits per heavy atom. The zero-order valence-electron chi connectivity index (χ0n) is 12.8. The Morgan fingerprint density at radius 2 is 2.05 bits per heavy atom. The van der Waals surface area contributed by atoms with Crippen LogP contribution < -0.4 is 5.32 Å². The monoisotopic (exact) mass is 293 g/mol. The number of nitrogens with one attached hydrogen (secondary N) is 2. The van der Waals surface area contributed by atoms with Crippen molar-refractivity contribution >= 4 is 16.8 Å². The van der Waals surface area contributed by atoms with Gasteiger partial charge in [-0.25, -0.2) is 0 Å². The molecular formula is C18H19N3O. The predicted molar refractivity (Wildman–Crippen MR) is 87.9 cm³/mol. The number of H-pyrrole nitrogens is 1. The van der Waals surface area contributed by atoms with Gasteiger partial charge in [0.2, 0.25) is 0 Å². The third-order valence-corrected chi connectivity index (χ3v) is 3.89. The lowest BCUT2D eigenvalue weighted by atomic mass is 10.0. The zero-order chi connectivity index (χ0) is 15.5. The molecule has 4 heteroatoms. The molecule has 0 saturated heterocycles. The van der Waals surface area contributed by atoms with Crippen molar-refractivity contribution in [2.75, 3.05) is 0 Å². The van der Waals surface area contributed by atoms with E-state index in [1.54, 1.807) is 6.20 Å². The molecule has 1 heterocycles. The summed E-state index contributed by atoms with van der Waals surface area (Å²) in [6.07, 6.45) is 2.54. The fourth-order valence-electron chi connectivity index (χ4n) is 2.68. The number of benzene rings is 2. The van der Waals surface area contributed by atoms with E-state index in [0.29, 0.717) is 5.56 Å². The topological polar surface area (TPSA) is 57.8 Å². The van der Waals surface area contributed by atoms with Crippen LogP contribution in [0.1, 0.15) is 28.4 Å². The molecule has 0 aliphatic carbocycles. The van der Waals surface area contributed by atoms with Crippen molar-refractivity contribution in [3.05, 3.63) is 65.4 Å². The van der Waals surface area contributed by atoms with Crippen molar-refractivity contribution in [2.45, 2.75) is 26.3 Å². The minimum Gasteiger partial charge on any atom is -0.349 e. The number of amides is 1. The van der Waals surface area contributed by atoms with Gasteiger partial charge in [-0.2, -0.15) is 5.10 Å². The number of rotatable bonds is 4. The van der Waals surface area contributed by atoms with Crippen molar-refractivity contribution < 1.29 is 4.79 Å². The molecule has 0 aliphatic heterocycles. The molecule has 0 aliphatic rings. The van der Waals surface area contributed by atoms with E-state index >= 15 is 0 Å². The summed E-state index contributed by atoms with van der Waals surface area (Å²) in [6, 6.07) is 13.9. The van der Waals surface area contributed by atoms with Gasteiger partial charge >= 0.3 is 0 Å². The first-order valence-electron chi connectivity index (χ1n) is 7.42. The van der Waals surface area contributed by atoms with E-state index in [9.17, 15) is 4.79 Å². The Hall–Kier alpha value is -2.62. The van der Waals surface area contributed by atoms with Gasteiger partial charge in [-0.3, -0.25) is 9.89 Å². The van der Waals surface area contributed by atoms with Crippen LogP contribution in [-0.4, -0.2) is 22.1 Å². The van der Waals surface area contributed by atoms with Gasteiger partial charge < -0.3 is 5.32 Å². The van der Waals surface area contributed by atoms with Crippen LogP contribution in [0.3, 0.4) is 0 Å². The number of hydrogen-bond donors (Lipinski definition) is 2. The van der Waals surface area contributed by atoms with Gasteiger partial charge in [0.15, 0.2) is 0 Å². The largest absolute Gasteiger partial charge is 0.349 e. The van der Waals surface area contributed by atoms with Crippen LogP contribution in [0, 0.1) is 6.92 Å². The summed E-state index contributed by atoms with van der Waals surface area (Å²) in [4.78, 5) is 12.5. The summed E-state index contributed by atoms with van der Waals surface area (Å²) >= 11 is 0. The minimum absolute atomic E-state index is 0.0618. The maximum atomic E-state index is 12.5. The van der Waals surface area contributed by atoms with E-state index in [1.807, 2.05) is 37.3 Å². The molecule has 1 amide bonds. The number of aromatic amines is 1. The van der Waals surface area contributed by atoms with Gasteiger partial charge in [-0.05, 0) is 37.5 Å². The van der Waals surface area contributed by atoms with Crippen LogP contribution in [0.15, 0.2) is 48.7 Å². The van der Waals surface area contributed by atoms with Crippen LogP contribution in [0.2, 0.25) is 0 Å². The van der Waals surface area contributed by atoms with Crippen molar-refractivity contribution in [3.8, 4) is 0 Å². The first kappa shape index (κ1) is 14.3. The number of para-hydroxylation sites is 1. The summed E-state index contributed by atoms with van der Waals surface area (Å²) in [7, 11) is 0. The highest BCUT2D eigenvalue weighted by Crippen LogP contribution is 2.16. The molecule has 2 aromatic carbocycles. The molecule has 0 unspecified atom stereocenters. The SMILES string of the molecule is Cc1ccccc1C[C@H](C)NC(=O)c1cccc2cn[nH]c12. The van der Waals surface area contributed by atoms with E-state index in [4.69, 9.17) is 0 Å². The average molecular weight is 293 g/mol. The molecule has 112 valence electrons. The number of nitrogens with zero attached hydrogens (tertiary/aromatic N) is 1. The van der Waals surface area contributed by atoms with Gasteiger partial charge in [0, 0.05) is 11.4 Å². The third-order valence-electron chi connectivity index (χ3n) is 3.89. The van der Waals surface area contributed by atoms with E-state index in [0.717, 1.165) is 17.3 Å². The molecule has 0 saturated carbocycles. The van der Waals surface area contributed by atoms with Crippen molar-refractivity contribution in [3.63, 3.8) is 0 Å². The van der Waals surface area contributed by atoms with Crippen molar-refractivity contribution in [1.82, 2.24) is 15.5 Å². The molecule has 3 rings (SSSR count). The maximum absolute atomic E-state index is 12.5. The minimum atomic E-state index is -0.0732. The van der Waals surface area contributed by atoms with E-state index in [2.05, 4.69) is 34.6 Å². The molecule has 1 aromatic heterocycles. The normalized spacial score (nSPS) is 12.3. The van der Waals surface area contributed by atoms with Crippen LogP contribution in [0.4, 0.5) is 0 Å². The van der Waals surface area contributed by atoms with Crippen molar-refractivity contribution in [1.29, 1.82) is 0 Å². The number of carbonyl (C=O) groups excluding carboxylic acids is 1. The molecular weight excluding hydrogens is 274 g/mol. The molecule has 22 heavy (non-hydrogen) atoms. The highest BCUT2D eigenvalue weighted by molar-refractivity contribution is 6.05. The maximum Gasteiger partial charge on any atom is 0.253 e. The summed E-state index contributed by atoms with van der Waals surface area (Å²) in [6.45, 7) is 4.12. The first-order valence-corrected chi connectivity index (χ1v) is 7.42. The number of aromatic nitrogens is 2. The molecule has 4 nitrogen and oxygen atoms in total. The highest BCUT2D eigenvalue weighted by atomic mass is 16.1. The number of carbonyl (C=O) groups is 1. The first-order chi connectivity index (χ1) is 10.6. The Labute approximate surface area is 129 Å². The Bertz CT molecular complexity index is 807. The van der Waals surface area contributed by atoms with Gasteiger partial charge in [0.1, 0.15) is 0 Å². The molecule has 0 fully saturated rings. The summed E-state index contributed by atoms with van der Waals surface area (Å²) in [5.41, 5.74) is 3.92. The van der Waals surface area contributed by atoms with E-state index in [1.165, 1.54) is 11.1 Å². The Kier molecular flexibility index (Phi) is 3.92. The second kappa shape index (κ2) is 6.02. The lowest BCUT2D eigenvalue weighted by Gasteiger charge is -2.15. The smallest absolute Gasteiger partial charge is 0.253 e. The molecule has 0 spiro atoms. The summed E-state index contributed by atoms with van der Waals surface area (Å²) < 4.78 is 0. The van der Waals surface area contributed by atoms with Gasteiger partial charge in [0.05, 0.1) is 17.3 Å². The average Bonchev–Trinajstić information content (AvgIpc) is 2.97. The summed E-state index contributed by atoms with van der Waals surface area (Å²) in [5, 5.41) is 10.9. The van der Waals surface area contributed by atoms with Gasteiger partial charge in [-0.15, -0.1) is 0 Å². The Balaban J connectivity index is 1.74. The van der Waals surface area contributed by atoms with Crippen LogP contribution in [0.5, 0.6) is 0 Å². The van der Waals surface area contributed by atoms with E-state index in [-0.39, 0.29) is 11.9 Å². The van der Waals surface area contributed by atoms with Crippen LogP contribution in [-0.2, 0) is 6.42 Å². The lowest BCUT2D eigenvalue weighted by Crippen LogP contribution is -2.34. The van der Waals surface area contributed by atoms with E-state index < -0.39 is 0 Å². The quantitative estimate of drug-likeness (QED) is 0.776. The van der Waals surface area contributed by atoms with Gasteiger partial charge in [0.25, 0.3) is 5.91 Å². The second-order valence-electron chi connectivity index (χ2n) is 5.64. The molecule has 2 N–H and O–H groups in total. The molecule has 0 bridgehead atoms. The fraction of sp³-hybridized carbons (Fsp3) is 0.222. The second-order valence-corrected chi connectivity index (χ2v) is 5.64. The molecule has 3 aromatic rings. The number of hydrogen-bond acceptors (Lipinski definition) is 2. The fourth-order valence-corrected chi connectivity index (χ4v) is 2.68. The molecule has 1 atom stereocenters. The number of fused-ring (bicyclic) bond motifs is 1. The van der Waals surface area contributed by atoms with Crippen LogP contribution >= 0.6 is 0 Å². The molecule has 0 radical (unpaired) electrons. The summed E-state index contributed by atoms with van der Waals surface area (Å²) in [5.74, 6) is -0.0732. The predicted octanol–water partition coefficient (Wildman–Crippen LogP) is 3.23. The highest BCUT2D eigenvalue weighted by Gasteiger charge is 2.14. The zero-order valence-corrected chi connectivity index (χ0v) is 12.8. The van der Waals surface area contributed by atoms with Crippen molar-refractivity contribution in [2.24, 2.45) is 0 Å². The third kappa shape index (κ3) is 2.86. The number of aryl methyl sites for hydroxylation is 1. The Morgan fingerprint density at radius 3 is 2.86 bits per heavy atom. The lowest BCUT2D eigenvalue weighted by molar-refractivity contribution is 0.0941. The standard InChI is InChI=1S/C18H19N3O/c1-12-6-3-4-7-14(12)10-13(2)20-18(22)16-9-5-8-15-11-19-21-17(15)16/h3-9,11,13H,10H2,1-2H3,(H,19,21)(H,20,22)/t13-/m0/s1. The van der Waals surface area contributed by atoms with Gasteiger partial charge in [-0.1, -0.05) is 36.4 Å².